The summed E-state index contributed by atoms with van der Waals surface area (Å²) < 4.78 is 1.71. The van der Waals surface area contributed by atoms with Gasteiger partial charge in [-0.25, -0.2) is 0 Å². The second-order valence-electron chi connectivity index (χ2n) is 8.52. The Bertz CT molecular complexity index is 683. The highest BCUT2D eigenvalue weighted by Crippen LogP contribution is 2.21. The maximum atomic E-state index is 12.9. The molecule has 3 atom stereocenters. The van der Waals surface area contributed by atoms with Gasteiger partial charge in [-0.3, -0.25) is 19.2 Å². The average Bonchev–Trinajstić information content (AvgIpc) is 3.08. The topological polar surface area (TPSA) is 73.7 Å². The summed E-state index contributed by atoms with van der Waals surface area (Å²) in [6.07, 6.45) is 4.80. The first-order chi connectivity index (χ1) is 13.4. The fraction of sp³-hybridized carbons (Fsp3) is 0.750. The molecule has 8 nitrogen and oxygen atoms in total. The predicted molar refractivity (Wildman–Crippen MR) is 122 cm³/mol. The summed E-state index contributed by atoms with van der Waals surface area (Å²) >= 11 is 0. The molecule has 2 aliphatic rings. The highest BCUT2D eigenvalue weighted by Gasteiger charge is 2.30. The molecule has 0 aromatic carbocycles. The van der Waals surface area contributed by atoms with Gasteiger partial charge in [-0.2, -0.15) is 5.10 Å². The number of piperazine rings is 1. The molecule has 3 unspecified atom stereocenters. The lowest BCUT2D eigenvalue weighted by molar-refractivity contribution is -0.137. The van der Waals surface area contributed by atoms with E-state index in [1.807, 2.05) is 23.0 Å². The highest BCUT2D eigenvalue weighted by atomic mass is 35.5. The normalized spacial score (nSPS) is 23.3. The van der Waals surface area contributed by atoms with Crippen molar-refractivity contribution >= 4 is 36.6 Å². The van der Waals surface area contributed by atoms with Crippen LogP contribution in [0.25, 0.3) is 0 Å². The second-order valence-corrected chi connectivity index (χ2v) is 8.52. The van der Waals surface area contributed by atoms with Crippen LogP contribution in [0.1, 0.15) is 31.9 Å². The summed E-state index contributed by atoms with van der Waals surface area (Å²) in [7, 11) is 3.64. The Balaban J connectivity index is 0.00000225. The minimum Gasteiger partial charge on any atom is -0.341 e. The van der Waals surface area contributed by atoms with E-state index in [9.17, 15) is 9.59 Å². The Labute approximate surface area is 192 Å². The zero-order valence-corrected chi connectivity index (χ0v) is 20.0. The highest BCUT2D eigenvalue weighted by molar-refractivity contribution is 5.85. The van der Waals surface area contributed by atoms with Crippen LogP contribution in [0.2, 0.25) is 0 Å². The fourth-order valence-corrected chi connectivity index (χ4v) is 4.49. The number of aromatic nitrogens is 2. The van der Waals surface area contributed by atoms with E-state index in [1.165, 1.54) is 6.42 Å². The smallest absolute Gasteiger partial charge is 0.244 e. The molecule has 0 saturated carbocycles. The fourth-order valence-electron chi connectivity index (χ4n) is 4.49. The number of nitrogens with zero attached hydrogens (tertiary/aromatic N) is 5. The first-order valence-corrected chi connectivity index (χ1v) is 10.3. The molecule has 0 bridgehead atoms. The Morgan fingerprint density at radius 2 is 1.70 bits per heavy atom. The number of likely N-dealkylation sites (tertiary alicyclic amines) is 1. The number of amides is 2. The van der Waals surface area contributed by atoms with Gasteiger partial charge in [0, 0.05) is 58.1 Å². The Kier molecular flexibility index (Phi) is 10.6. The van der Waals surface area contributed by atoms with Gasteiger partial charge in [0.15, 0.2) is 0 Å². The van der Waals surface area contributed by atoms with Crippen LogP contribution in [0.4, 0.5) is 0 Å². The number of rotatable bonds is 5. The quantitative estimate of drug-likeness (QED) is 0.710. The Hall–Kier alpha value is -1.35. The Morgan fingerprint density at radius 3 is 2.20 bits per heavy atom. The van der Waals surface area contributed by atoms with E-state index in [0.29, 0.717) is 31.5 Å². The summed E-state index contributed by atoms with van der Waals surface area (Å²) in [6, 6.07) is -0.377. The lowest BCUT2D eigenvalue weighted by Gasteiger charge is -2.39. The van der Waals surface area contributed by atoms with Crippen LogP contribution in [0.15, 0.2) is 12.4 Å². The summed E-state index contributed by atoms with van der Waals surface area (Å²) in [5.74, 6) is 1.45. The molecule has 172 valence electrons. The van der Waals surface area contributed by atoms with Gasteiger partial charge >= 0.3 is 0 Å². The number of likely N-dealkylation sites (N-methyl/N-ethyl adjacent to an activating group) is 1. The van der Waals surface area contributed by atoms with Gasteiger partial charge in [0.1, 0.15) is 6.04 Å². The third kappa shape index (κ3) is 6.57. The molecular formula is C20H36Cl2N6O2. The summed E-state index contributed by atoms with van der Waals surface area (Å²) in [5.41, 5.74) is 0.876. The molecule has 2 amide bonds. The van der Waals surface area contributed by atoms with Gasteiger partial charge in [0.25, 0.3) is 0 Å². The molecular weight excluding hydrogens is 427 g/mol. The molecule has 3 rings (SSSR count). The number of piperidine rings is 1. The molecule has 0 spiro atoms. The number of halogens is 2. The van der Waals surface area contributed by atoms with Crippen molar-refractivity contribution in [2.45, 2.75) is 26.3 Å². The third-order valence-electron chi connectivity index (χ3n) is 5.86. The lowest BCUT2D eigenvalue weighted by Crippen LogP contribution is -2.54. The zero-order valence-electron chi connectivity index (χ0n) is 18.4. The summed E-state index contributed by atoms with van der Waals surface area (Å²) in [4.78, 5) is 31.7. The largest absolute Gasteiger partial charge is 0.341 e. The number of nitrogens with one attached hydrogen (secondary N) is 1. The maximum Gasteiger partial charge on any atom is 0.244 e. The molecule has 0 radical (unpaired) electrons. The van der Waals surface area contributed by atoms with E-state index in [2.05, 4.69) is 29.2 Å². The van der Waals surface area contributed by atoms with Gasteiger partial charge in [0.2, 0.25) is 11.8 Å². The molecule has 30 heavy (non-hydrogen) atoms. The van der Waals surface area contributed by atoms with Crippen LogP contribution in [0.5, 0.6) is 0 Å². The molecule has 2 saturated heterocycles. The Morgan fingerprint density at radius 1 is 1.10 bits per heavy atom. The van der Waals surface area contributed by atoms with Crippen molar-refractivity contribution in [3.8, 4) is 0 Å². The minimum atomic E-state index is -0.377. The van der Waals surface area contributed by atoms with E-state index >= 15 is 0 Å². The van der Waals surface area contributed by atoms with E-state index in [-0.39, 0.29) is 42.7 Å². The molecule has 1 aromatic rings. The first kappa shape index (κ1) is 26.7. The van der Waals surface area contributed by atoms with E-state index in [0.717, 1.165) is 31.7 Å². The zero-order chi connectivity index (χ0) is 20.3. The van der Waals surface area contributed by atoms with Gasteiger partial charge < -0.3 is 15.1 Å². The molecule has 1 aromatic heterocycles. The van der Waals surface area contributed by atoms with Crippen LogP contribution >= 0.6 is 24.8 Å². The second kappa shape index (κ2) is 11.9. The molecule has 1 N–H and O–H groups in total. The number of hydrogen-bond donors (Lipinski definition) is 1. The van der Waals surface area contributed by atoms with Gasteiger partial charge in [-0.15, -0.1) is 24.8 Å². The van der Waals surface area contributed by atoms with Crippen LogP contribution in [0, 0.1) is 11.8 Å². The number of carbonyl (C=O) groups is 2. The molecule has 2 aliphatic heterocycles. The van der Waals surface area contributed by atoms with Gasteiger partial charge in [-0.05, 0) is 25.3 Å². The maximum absolute atomic E-state index is 12.9. The van der Waals surface area contributed by atoms with E-state index in [4.69, 9.17) is 0 Å². The van der Waals surface area contributed by atoms with Crippen molar-refractivity contribution in [3.63, 3.8) is 0 Å². The van der Waals surface area contributed by atoms with E-state index in [1.54, 1.807) is 17.9 Å². The predicted octanol–water partition coefficient (Wildman–Crippen LogP) is 1.17. The van der Waals surface area contributed by atoms with Gasteiger partial charge in [-0.1, -0.05) is 13.8 Å². The van der Waals surface area contributed by atoms with Crippen LogP contribution < -0.4 is 5.32 Å². The number of hydrogen-bond acceptors (Lipinski definition) is 5. The van der Waals surface area contributed by atoms with Crippen molar-refractivity contribution < 1.29 is 9.59 Å². The summed E-state index contributed by atoms with van der Waals surface area (Å²) in [6.45, 7) is 9.42. The SMILES string of the molecule is CNC(C(=O)N1CCN(CC(=O)N2CC(C)CC(C)C2)CC1)c1cnn(C)c1.Cl.Cl. The first-order valence-electron chi connectivity index (χ1n) is 10.3. The number of carbonyl (C=O) groups excluding carboxylic acids is 2. The van der Waals surface area contributed by atoms with Crippen molar-refractivity contribution in [3.05, 3.63) is 18.0 Å². The summed E-state index contributed by atoms with van der Waals surface area (Å²) in [5, 5.41) is 7.27. The average molecular weight is 463 g/mol. The molecule has 3 heterocycles. The third-order valence-corrected chi connectivity index (χ3v) is 5.86. The molecule has 0 aliphatic carbocycles. The van der Waals surface area contributed by atoms with E-state index < -0.39 is 0 Å². The van der Waals surface area contributed by atoms with Crippen molar-refractivity contribution in [1.82, 2.24) is 29.8 Å². The number of aryl methyl sites for hydroxylation is 1. The van der Waals surface area contributed by atoms with Crippen LogP contribution in [0.3, 0.4) is 0 Å². The molecule has 10 heteroatoms. The van der Waals surface area contributed by atoms with Crippen LogP contribution in [-0.2, 0) is 16.6 Å². The molecule has 2 fully saturated rings. The standard InChI is InChI=1S/C20H34N6O2.2ClH/c1-15-9-16(2)12-26(11-15)18(27)14-24-5-7-25(8-6-24)20(28)19(21-3)17-10-22-23(4)13-17;;/h10,13,15-16,19,21H,5-9,11-12,14H2,1-4H3;2*1H. The monoisotopic (exact) mass is 462 g/mol. The minimum absolute atomic E-state index is 0. The van der Waals surface area contributed by atoms with Crippen molar-refractivity contribution in [2.24, 2.45) is 18.9 Å². The van der Waals surface area contributed by atoms with Crippen LogP contribution in [-0.4, -0.2) is 89.2 Å². The lowest BCUT2D eigenvalue weighted by atomic mass is 9.92. The van der Waals surface area contributed by atoms with Crippen molar-refractivity contribution in [1.29, 1.82) is 0 Å². The van der Waals surface area contributed by atoms with Crippen molar-refractivity contribution in [2.75, 3.05) is 52.9 Å². The van der Waals surface area contributed by atoms with Gasteiger partial charge in [0.05, 0.1) is 12.7 Å².